The number of hydrogen-bond acceptors (Lipinski definition) is 3. The van der Waals surface area contributed by atoms with Gasteiger partial charge in [-0.2, -0.15) is 0 Å². The molecule has 102 valence electrons. The van der Waals surface area contributed by atoms with E-state index < -0.39 is 0 Å². The van der Waals surface area contributed by atoms with Crippen LogP contribution in [0.1, 0.15) is 80.8 Å². The van der Waals surface area contributed by atoms with Crippen LogP contribution < -0.4 is 5.32 Å². The van der Waals surface area contributed by atoms with Crippen LogP contribution in [0.25, 0.3) is 0 Å². The molecule has 1 saturated carbocycles. The second-order valence-electron chi connectivity index (χ2n) is 6.03. The summed E-state index contributed by atoms with van der Waals surface area (Å²) in [6, 6.07) is 0.544. The van der Waals surface area contributed by atoms with Gasteiger partial charge in [0.15, 0.2) is 0 Å². The van der Waals surface area contributed by atoms with E-state index >= 15 is 0 Å². The molecule has 2 rings (SSSR count). The lowest BCUT2D eigenvalue weighted by Gasteiger charge is -2.09. The fourth-order valence-corrected chi connectivity index (χ4v) is 3.94. The third kappa shape index (κ3) is 3.33. The van der Waals surface area contributed by atoms with Gasteiger partial charge in [-0.05, 0) is 18.8 Å². The summed E-state index contributed by atoms with van der Waals surface area (Å²) < 4.78 is 0. The van der Waals surface area contributed by atoms with E-state index in [-0.39, 0.29) is 0 Å². The van der Waals surface area contributed by atoms with Gasteiger partial charge in [0.1, 0.15) is 0 Å². The van der Waals surface area contributed by atoms with Crippen LogP contribution >= 0.6 is 11.3 Å². The van der Waals surface area contributed by atoms with E-state index in [0.717, 1.165) is 12.5 Å². The van der Waals surface area contributed by atoms with Gasteiger partial charge < -0.3 is 5.32 Å². The molecule has 1 N–H and O–H groups in total. The topological polar surface area (TPSA) is 24.9 Å². The van der Waals surface area contributed by atoms with E-state index in [9.17, 15) is 0 Å². The van der Waals surface area contributed by atoms with Crippen LogP contribution in [0.5, 0.6) is 0 Å². The Morgan fingerprint density at radius 3 is 2.44 bits per heavy atom. The Bertz CT molecular complexity index is 376. The zero-order valence-electron chi connectivity index (χ0n) is 12.1. The van der Waals surface area contributed by atoms with Crippen LogP contribution in [0.2, 0.25) is 0 Å². The van der Waals surface area contributed by atoms with Crippen LogP contribution in [-0.4, -0.2) is 11.0 Å². The predicted octanol–water partition coefficient (Wildman–Crippen LogP) is 4.42. The van der Waals surface area contributed by atoms with Crippen LogP contribution in [0.3, 0.4) is 0 Å². The molecule has 1 aromatic heterocycles. The summed E-state index contributed by atoms with van der Waals surface area (Å²) in [4.78, 5) is 6.41. The Balaban J connectivity index is 2.15. The SMILES string of the molecule is CC(C)NCc1sc(C2CCCC2)nc1C(C)C. The number of nitrogens with zero attached hydrogens (tertiary/aromatic N) is 1. The average molecular weight is 266 g/mol. The Labute approximate surface area is 115 Å². The van der Waals surface area contributed by atoms with Crippen molar-refractivity contribution in [2.45, 2.75) is 77.8 Å². The summed E-state index contributed by atoms with van der Waals surface area (Å²) in [5.41, 5.74) is 1.33. The molecule has 1 aromatic rings. The van der Waals surface area contributed by atoms with E-state index in [2.05, 4.69) is 33.0 Å². The minimum absolute atomic E-state index is 0.542. The van der Waals surface area contributed by atoms with Crippen molar-refractivity contribution >= 4 is 11.3 Å². The molecular weight excluding hydrogens is 240 g/mol. The smallest absolute Gasteiger partial charge is 0.0962 e. The molecule has 0 amide bonds. The molecule has 0 atom stereocenters. The van der Waals surface area contributed by atoms with Crippen molar-refractivity contribution in [1.29, 1.82) is 0 Å². The van der Waals surface area contributed by atoms with Gasteiger partial charge in [-0.3, -0.25) is 0 Å². The lowest BCUT2D eigenvalue weighted by Crippen LogP contribution is -2.22. The fraction of sp³-hybridized carbons (Fsp3) is 0.800. The summed E-state index contributed by atoms with van der Waals surface area (Å²) in [6.07, 6.45) is 5.48. The second-order valence-corrected chi connectivity index (χ2v) is 7.15. The maximum Gasteiger partial charge on any atom is 0.0962 e. The summed E-state index contributed by atoms with van der Waals surface area (Å²) >= 11 is 1.95. The first-order valence-electron chi connectivity index (χ1n) is 7.30. The highest BCUT2D eigenvalue weighted by atomic mass is 32.1. The first-order valence-corrected chi connectivity index (χ1v) is 8.12. The fourth-order valence-electron chi connectivity index (χ4n) is 2.60. The maximum atomic E-state index is 4.95. The Hall–Kier alpha value is -0.410. The summed E-state index contributed by atoms with van der Waals surface area (Å²) in [5, 5.41) is 4.93. The van der Waals surface area contributed by atoms with E-state index in [1.54, 1.807) is 0 Å². The Kier molecular flexibility index (Phi) is 4.79. The Morgan fingerprint density at radius 1 is 1.22 bits per heavy atom. The molecule has 1 aliphatic rings. The minimum atomic E-state index is 0.542. The molecule has 18 heavy (non-hydrogen) atoms. The minimum Gasteiger partial charge on any atom is -0.310 e. The van der Waals surface area contributed by atoms with Gasteiger partial charge in [0.2, 0.25) is 0 Å². The first-order chi connectivity index (χ1) is 8.58. The lowest BCUT2D eigenvalue weighted by molar-refractivity contribution is 0.587. The van der Waals surface area contributed by atoms with Crippen molar-refractivity contribution in [2.24, 2.45) is 0 Å². The number of rotatable bonds is 5. The number of hydrogen-bond donors (Lipinski definition) is 1. The quantitative estimate of drug-likeness (QED) is 0.853. The summed E-state index contributed by atoms with van der Waals surface area (Å²) in [6.45, 7) is 9.90. The third-order valence-electron chi connectivity index (χ3n) is 3.67. The van der Waals surface area contributed by atoms with Crippen molar-refractivity contribution in [2.75, 3.05) is 0 Å². The zero-order valence-corrected chi connectivity index (χ0v) is 12.9. The van der Waals surface area contributed by atoms with Crippen molar-refractivity contribution in [1.82, 2.24) is 10.3 Å². The molecule has 1 aliphatic carbocycles. The van der Waals surface area contributed by atoms with Crippen molar-refractivity contribution in [3.63, 3.8) is 0 Å². The molecular formula is C15H26N2S. The molecule has 0 bridgehead atoms. The molecule has 2 nitrogen and oxygen atoms in total. The molecule has 0 spiro atoms. The molecule has 0 aromatic carbocycles. The van der Waals surface area contributed by atoms with E-state index in [1.807, 2.05) is 11.3 Å². The molecule has 3 heteroatoms. The van der Waals surface area contributed by atoms with Crippen LogP contribution in [0, 0.1) is 0 Å². The van der Waals surface area contributed by atoms with Gasteiger partial charge in [-0.25, -0.2) is 4.98 Å². The second kappa shape index (κ2) is 6.16. The van der Waals surface area contributed by atoms with Crippen LogP contribution in [-0.2, 0) is 6.54 Å². The van der Waals surface area contributed by atoms with Gasteiger partial charge in [0, 0.05) is 23.4 Å². The van der Waals surface area contributed by atoms with Gasteiger partial charge in [-0.15, -0.1) is 11.3 Å². The van der Waals surface area contributed by atoms with Crippen molar-refractivity contribution in [3.8, 4) is 0 Å². The largest absolute Gasteiger partial charge is 0.310 e. The highest BCUT2D eigenvalue weighted by Gasteiger charge is 2.23. The van der Waals surface area contributed by atoms with Gasteiger partial charge in [-0.1, -0.05) is 40.5 Å². The molecule has 0 radical (unpaired) electrons. The molecule has 1 heterocycles. The predicted molar refractivity (Wildman–Crippen MR) is 79.4 cm³/mol. The third-order valence-corrected chi connectivity index (χ3v) is 4.90. The van der Waals surface area contributed by atoms with Crippen molar-refractivity contribution < 1.29 is 0 Å². The van der Waals surface area contributed by atoms with Crippen LogP contribution in [0.15, 0.2) is 0 Å². The maximum absolute atomic E-state index is 4.95. The molecule has 0 aliphatic heterocycles. The monoisotopic (exact) mass is 266 g/mol. The normalized spacial score (nSPS) is 17.2. The highest BCUT2D eigenvalue weighted by molar-refractivity contribution is 7.11. The average Bonchev–Trinajstić information content (AvgIpc) is 2.94. The van der Waals surface area contributed by atoms with E-state index in [4.69, 9.17) is 4.98 Å². The van der Waals surface area contributed by atoms with E-state index in [1.165, 1.54) is 41.3 Å². The van der Waals surface area contributed by atoms with Gasteiger partial charge in [0.25, 0.3) is 0 Å². The highest BCUT2D eigenvalue weighted by Crippen LogP contribution is 2.38. The molecule has 1 fully saturated rings. The van der Waals surface area contributed by atoms with Gasteiger partial charge in [0.05, 0.1) is 10.7 Å². The van der Waals surface area contributed by atoms with Crippen LogP contribution in [0.4, 0.5) is 0 Å². The summed E-state index contributed by atoms with van der Waals surface area (Å²) in [5.74, 6) is 1.29. The standard InChI is InChI=1S/C15H26N2S/c1-10(2)14-13(9-16-11(3)4)18-15(17-14)12-7-5-6-8-12/h10-12,16H,5-9H2,1-4H3. The van der Waals surface area contributed by atoms with Gasteiger partial charge >= 0.3 is 0 Å². The Morgan fingerprint density at radius 2 is 1.89 bits per heavy atom. The van der Waals surface area contributed by atoms with E-state index in [0.29, 0.717) is 12.0 Å². The molecule has 0 saturated heterocycles. The molecule has 0 unspecified atom stereocenters. The lowest BCUT2D eigenvalue weighted by atomic mass is 10.1. The first kappa shape index (κ1) is 14.0. The number of aromatic nitrogens is 1. The van der Waals surface area contributed by atoms with Crippen molar-refractivity contribution in [3.05, 3.63) is 15.6 Å². The zero-order chi connectivity index (χ0) is 13.1. The number of nitrogens with one attached hydrogen (secondary N) is 1. The number of thiazole rings is 1. The summed E-state index contributed by atoms with van der Waals surface area (Å²) in [7, 11) is 0.